The average Bonchev–Trinajstić information content (AvgIpc) is 3.59. The molecule has 0 aliphatic carbocycles. The van der Waals surface area contributed by atoms with Gasteiger partial charge in [-0.3, -0.25) is 0 Å². The van der Waals surface area contributed by atoms with E-state index in [1.807, 2.05) is 37.3 Å². The van der Waals surface area contributed by atoms with Gasteiger partial charge in [-0.25, -0.2) is 9.59 Å². The number of methoxy groups -OCH3 is 2. The summed E-state index contributed by atoms with van der Waals surface area (Å²) < 4.78 is 10.9. The topological polar surface area (TPSA) is 59.1 Å². The fourth-order valence-electron chi connectivity index (χ4n) is 6.96. The molecule has 0 saturated carbocycles. The Kier molecular flexibility index (Phi) is 9.17. The Morgan fingerprint density at radius 3 is 1.64 bits per heavy atom. The smallest absolute Gasteiger partial charge is 0.339 e. The number of rotatable bonds is 7. The third-order valence-corrected chi connectivity index (χ3v) is 9.39. The molecule has 0 saturated heterocycles. The van der Waals surface area contributed by atoms with E-state index in [1.165, 1.54) is 14.2 Å². The normalized spacial score (nSPS) is 12.1. The number of nitrogens with zero attached hydrogens (tertiary/aromatic N) is 2. The van der Waals surface area contributed by atoms with Crippen molar-refractivity contribution < 1.29 is 19.1 Å². The van der Waals surface area contributed by atoms with Crippen LogP contribution in [-0.2, 0) is 9.47 Å². The molecule has 0 heterocycles. The molecule has 0 fully saturated rings. The predicted molar refractivity (Wildman–Crippen MR) is 190 cm³/mol. The minimum absolute atomic E-state index is 0.419. The standard InChI is InChI=1S/C34H31NO4.C5H13N/c1-7-19-25-18(4)12-10-14-21(25)28-27(19)31(33(36)38-5)29-22-15-11-13-20-24(35(8-2)9-3)17-16-23(26(20)22)30(29)32(28)34(37)39-6;1-4-6(3)5-2/h7,10-17H,8-9H2,1-6H3;4-5H2,1-3H3/b19-7+;. The van der Waals surface area contributed by atoms with Crippen molar-refractivity contribution in [2.75, 3.05) is 52.3 Å². The van der Waals surface area contributed by atoms with Crippen LogP contribution in [0.5, 0.6) is 0 Å². The zero-order valence-electron chi connectivity index (χ0n) is 28.1. The van der Waals surface area contributed by atoms with Gasteiger partial charge in [0.1, 0.15) is 0 Å². The van der Waals surface area contributed by atoms with Crippen molar-refractivity contribution >= 4 is 77.6 Å². The molecular weight excluding hydrogens is 560 g/mol. The number of esters is 2. The fourth-order valence-corrected chi connectivity index (χ4v) is 6.96. The molecule has 0 amide bonds. The third kappa shape index (κ3) is 4.92. The number of ether oxygens (including phenoxy) is 2. The molecule has 0 aliphatic heterocycles. The Morgan fingerprint density at radius 1 is 0.644 bits per heavy atom. The fraction of sp³-hybridized carbons (Fsp3) is 0.333. The number of anilines is 1. The monoisotopic (exact) mass is 604 g/mol. The van der Waals surface area contributed by atoms with Crippen molar-refractivity contribution in [2.24, 2.45) is 0 Å². The summed E-state index contributed by atoms with van der Waals surface area (Å²) in [6.45, 7) is 16.7. The number of hydrogen-bond acceptors (Lipinski definition) is 6. The van der Waals surface area contributed by atoms with Crippen LogP contribution in [0, 0.1) is 6.92 Å². The first-order chi connectivity index (χ1) is 21.7. The van der Waals surface area contributed by atoms with Gasteiger partial charge in [0.25, 0.3) is 0 Å². The van der Waals surface area contributed by atoms with Gasteiger partial charge in [0.05, 0.1) is 25.3 Å². The first kappa shape index (κ1) is 32.0. The van der Waals surface area contributed by atoms with E-state index in [0.717, 1.165) is 96.5 Å². The molecule has 0 spiro atoms. The van der Waals surface area contributed by atoms with Crippen molar-refractivity contribution in [1.29, 1.82) is 0 Å². The van der Waals surface area contributed by atoms with E-state index in [9.17, 15) is 9.59 Å². The largest absolute Gasteiger partial charge is 0.465 e. The summed E-state index contributed by atoms with van der Waals surface area (Å²) in [7, 11) is 4.94. The van der Waals surface area contributed by atoms with Crippen LogP contribution in [0.4, 0.5) is 5.69 Å². The van der Waals surface area contributed by atoms with Crippen LogP contribution >= 0.6 is 0 Å². The van der Waals surface area contributed by atoms with Gasteiger partial charge in [0.15, 0.2) is 0 Å². The summed E-state index contributed by atoms with van der Waals surface area (Å²) in [5.41, 5.74) is 3.20. The van der Waals surface area contributed by atoms with E-state index < -0.39 is 11.9 Å². The lowest BCUT2D eigenvalue weighted by Crippen LogP contribution is -2.21. The number of fused-ring (bicyclic) bond motifs is 6. The SMILES string of the molecule is C/C=c1\c2c(C)cccc2c2c(C(=O)OC)c3c4ccc(N(CC)CC)c5cccc(c3c(C(=O)OC)c12)c54.CCN(C)CC. The molecule has 234 valence electrons. The molecule has 0 radical (unpaired) electrons. The zero-order valence-corrected chi connectivity index (χ0v) is 28.1. The van der Waals surface area contributed by atoms with Gasteiger partial charge in [-0.2, -0.15) is 0 Å². The lowest BCUT2D eigenvalue weighted by atomic mass is 9.93. The highest BCUT2D eigenvalue weighted by Gasteiger charge is 2.31. The van der Waals surface area contributed by atoms with Gasteiger partial charge in [0, 0.05) is 45.7 Å². The second-order valence-corrected chi connectivity index (χ2v) is 11.5. The van der Waals surface area contributed by atoms with E-state index in [1.54, 1.807) is 0 Å². The molecule has 0 unspecified atom stereocenters. The molecule has 6 nitrogen and oxygen atoms in total. The Labute approximate surface area is 265 Å². The summed E-state index contributed by atoms with van der Waals surface area (Å²) in [5.74, 6) is -0.838. The van der Waals surface area contributed by atoms with Crippen LogP contribution in [0.3, 0.4) is 0 Å². The van der Waals surface area contributed by atoms with Crippen LogP contribution in [0.25, 0.3) is 59.9 Å². The van der Waals surface area contributed by atoms with Gasteiger partial charge in [-0.05, 0) is 91.6 Å². The Morgan fingerprint density at radius 2 is 1.13 bits per heavy atom. The molecule has 6 heteroatoms. The maximum atomic E-state index is 13.7. The van der Waals surface area contributed by atoms with E-state index in [4.69, 9.17) is 9.47 Å². The molecular formula is C39H44N2O4. The highest BCUT2D eigenvalue weighted by Crippen LogP contribution is 2.48. The lowest BCUT2D eigenvalue weighted by molar-refractivity contribution is 0.0593. The van der Waals surface area contributed by atoms with Crippen LogP contribution in [0.1, 0.15) is 60.9 Å². The van der Waals surface area contributed by atoms with Gasteiger partial charge < -0.3 is 19.3 Å². The highest BCUT2D eigenvalue weighted by atomic mass is 16.5. The average molecular weight is 605 g/mol. The maximum absolute atomic E-state index is 13.7. The molecule has 6 aromatic rings. The quantitative estimate of drug-likeness (QED) is 0.172. The molecule has 6 aromatic carbocycles. The third-order valence-electron chi connectivity index (χ3n) is 9.39. The van der Waals surface area contributed by atoms with E-state index >= 15 is 0 Å². The summed E-state index contributed by atoms with van der Waals surface area (Å²) in [6, 6.07) is 16.5. The molecule has 6 rings (SSSR count). The molecule has 0 aliphatic rings. The summed E-state index contributed by atoms with van der Waals surface area (Å²) >= 11 is 0. The number of benzene rings is 4. The van der Waals surface area contributed by atoms with Crippen molar-refractivity contribution in [3.8, 4) is 0 Å². The maximum Gasteiger partial charge on any atom is 0.339 e. The molecule has 0 N–H and O–H groups in total. The van der Waals surface area contributed by atoms with E-state index in [2.05, 4.69) is 75.7 Å². The second kappa shape index (κ2) is 12.9. The Balaban J connectivity index is 0.000000609. The Bertz CT molecular complexity index is 2110. The van der Waals surface area contributed by atoms with Gasteiger partial charge in [-0.1, -0.05) is 62.4 Å². The first-order valence-electron chi connectivity index (χ1n) is 15.9. The van der Waals surface area contributed by atoms with Gasteiger partial charge >= 0.3 is 11.9 Å². The Hall–Kier alpha value is -4.42. The molecule has 0 aromatic heterocycles. The summed E-state index contributed by atoms with van der Waals surface area (Å²) in [4.78, 5) is 32.1. The van der Waals surface area contributed by atoms with Gasteiger partial charge in [0.2, 0.25) is 0 Å². The molecule has 45 heavy (non-hydrogen) atoms. The van der Waals surface area contributed by atoms with Crippen LogP contribution in [0.15, 0.2) is 48.5 Å². The number of carbonyl (C=O) groups is 2. The number of aryl methyl sites for hydroxylation is 1. The van der Waals surface area contributed by atoms with Crippen LogP contribution in [-0.4, -0.2) is 64.3 Å². The zero-order chi connectivity index (χ0) is 32.6. The number of hydrogen-bond donors (Lipinski definition) is 0. The number of carbonyl (C=O) groups excluding carboxylic acids is 2. The summed E-state index contributed by atoms with van der Waals surface area (Å²) in [6.07, 6.45) is 2.03. The van der Waals surface area contributed by atoms with E-state index in [0.29, 0.717) is 11.1 Å². The predicted octanol–water partition coefficient (Wildman–Crippen LogP) is 8.10. The molecule has 0 atom stereocenters. The lowest BCUT2D eigenvalue weighted by Gasteiger charge is -2.23. The summed E-state index contributed by atoms with van der Waals surface area (Å²) in [5, 5.41) is 9.85. The minimum atomic E-state index is -0.419. The second-order valence-electron chi connectivity index (χ2n) is 11.5. The molecule has 0 bridgehead atoms. The first-order valence-corrected chi connectivity index (χ1v) is 15.9. The van der Waals surface area contributed by atoms with Crippen LogP contribution < -0.4 is 10.1 Å². The van der Waals surface area contributed by atoms with Crippen molar-refractivity contribution in [1.82, 2.24) is 4.90 Å². The van der Waals surface area contributed by atoms with Crippen LogP contribution in [0.2, 0.25) is 0 Å². The highest BCUT2D eigenvalue weighted by molar-refractivity contribution is 6.43. The minimum Gasteiger partial charge on any atom is -0.465 e. The van der Waals surface area contributed by atoms with Crippen molar-refractivity contribution in [3.63, 3.8) is 0 Å². The van der Waals surface area contributed by atoms with Crippen molar-refractivity contribution in [2.45, 2.75) is 41.5 Å². The van der Waals surface area contributed by atoms with Gasteiger partial charge in [-0.15, -0.1) is 0 Å². The van der Waals surface area contributed by atoms with E-state index in [-0.39, 0.29) is 0 Å². The van der Waals surface area contributed by atoms with Crippen molar-refractivity contribution in [3.05, 3.63) is 70.4 Å².